The summed E-state index contributed by atoms with van der Waals surface area (Å²) in [6, 6.07) is 9.46. The zero-order chi connectivity index (χ0) is 16.6. The fraction of sp³-hybridized carbons (Fsp3) is 0.200. The van der Waals surface area contributed by atoms with Crippen LogP contribution in [0.2, 0.25) is 0 Å². The van der Waals surface area contributed by atoms with Crippen molar-refractivity contribution in [3.63, 3.8) is 0 Å². The van der Waals surface area contributed by atoms with E-state index in [4.69, 9.17) is 0 Å². The van der Waals surface area contributed by atoms with Crippen molar-refractivity contribution in [1.82, 2.24) is 9.62 Å². The zero-order valence-electron chi connectivity index (χ0n) is 12.2. The Kier molecular flexibility index (Phi) is 3.95. The van der Waals surface area contributed by atoms with Gasteiger partial charge in [0.15, 0.2) is 0 Å². The topological polar surface area (TPSA) is 83.6 Å². The number of benzene rings is 1. The van der Waals surface area contributed by atoms with Gasteiger partial charge in [0, 0.05) is 4.88 Å². The van der Waals surface area contributed by atoms with E-state index in [0.29, 0.717) is 4.31 Å². The van der Waals surface area contributed by atoms with Gasteiger partial charge in [-0.05, 0) is 30.5 Å². The number of nitrogens with zero attached hydrogens (tertiary/aromatic N) is 1. The van der Waals surface area contributed by atoms with Crippen molar-refractivity contribution in [2.45, 2.75) is 17.9 Å². The van der Waals surface area contributed by atoms with Gasteiger partial charge in [0.05, 0.1) is 11.6 Å². The third-order valence-corrected chi connectivity index (χ3v) is 6.39. The summed E-state index contributed by atoms with van der Waals surface area (Å²) in [5, 5.41) is 4.60. The highest BCUT2D eigenvalue weighted by molar-refractivity contribution is 7.90. The molecule has 0 unspecified atom stereocenters. The SMILES string of the molecule is C[C@H](NC(=O)CN1C(=O)c2ccccc2S1(=O)=O)c1cccs1. The maximum atomic E-state index is 12.4. The molecule has 8 heteroatoms. The fourth-order valence-corrected chi connectivity index (χ4v) is 4.67. The van der Waals surface area contributed by atoms with Gasteiger partial charge in [-0.3, -0.25) is 9.59 Å². The van der Waals surface area contributed by atoms with E-state index >= 15 is 0 Å². The second kappa shape index (κ2) is 5.78. The molecule has 2 amide bonds. The molecule has 0 bridgehead atoms. The molecule has 2 aromatic rings. The summed E-state index contributed by atoms with van der Waals surface area (Å²) in [7, 11) is -3.95. The van der Waals surface area contributed by atoms with E-state index in [2.05, 4.69) is 5.32 Å². The molecule has 0 fully saturated rings. The number of rotatable bonds is 4. The molecule has 1 atom stereocenters. The average Bonchev–Trinajstić information content (AvgIpc) is 3.11. The van der Waals surface area contributed by atoms with Crippen LogP contribution in [0.15, 0.2) is 46.7 Å². The predicted molar refractivity (Wildman–Crippen MR) is 85.5 cm³/mol. The van der Waals surface area contributed by atoms with Crippen molar-refractivity contribution < 1.29 is 18.0 Å². The summed E-state index contributed by atoms with van der Waals surface area (Å²) < 4.78 is 25.4. The molecule has 2 heterocycles. The summed E-state index contributed by atoms with van der Waals surface area (Å²) >= 11 is 1.49. The van der Waals surface area contributed by atoms with Crippen molar-refractivity contribution in [2.75, 3.05) is 6.54 Å². The van der Waals surface area contributed by atoms with Gasteiger partial charge in [0.25, 0.3) is 15.9 Å². The lowest BCUT2D eigenvalue weighted by atomic mass is 10.2. The minimum Gasteiger partial charge on any atom is -0.347 e. The van der Waals surface area contributed by atoms with E-state index in [1.165, 1.54) is 23.5 Å². The first kappa shape index (κ1) is 15.7. The van der Waals surface area contributed by atoms with Crippen molar-refractivity contribution in [2.24, 2.45) is 0 Å². The molecule has 1 aliphatic heterocycles. The Balaban J connectivity index is 1.76. The van der Waals surface area contributed by atoms with Gasteiger partial charge in [0.2, 0.25) is 5.91 Å². The maximum Gasteiger partial charge on any atom is 0.269 e. The first-order chi connectivity index (χ1) is 10.9. The van der Waals surface area contributed by atoms with E-state index in [-0.39, 0.29) is 16.5 Å². The summed E-state index contributed by atoms with van der Waals surface area (Å²) in [4.78, 5) is 25.3. The minimum atomic E-state index is -3.95. The number of carbonyl (C=O) groups is 2. The highest BCUT2D eigenvalue weighted by Gasteiger charge is 2.41. The fourth-order valence-electron chi connectivity index (χ4n) is 2.41. The van der Waals surface area contributed by atoms with Crippen molar-refractivity contribution in [3.8, 4) is 0 Å². The molecule has 3 rings (SSSR count). The van der Waals surface area contributed by atoms with Crippen LogP contribution >= 0.6 is 11.3 Å². The monoisotopic (exact) mass is 350 g/mol. The van der Waals surface area contributed by atoms with Crippen LogP contribution in [-0.2, 0) is 14.8 Å². The quantitative estimate of drug-likeness (QED) is 0.911. The Labute approximate surface area is 137 Å². The van der Waals surface area contributed by atoms with Crippen LogP contribution in [0, 0.1) is 0 Å². The van der Waals surface area contributed by atoms with E-state index in [1.807, 2.05) is 17.5 Å². The molecule has 0 saturated heterocycles. The van der Waals surface area contributed by atoms with Crippen LogP contribution < -0.4 is 5.32 Å². The number of thiophene rings is 1. The summed E-state index contributed by atoms with van der Waals surface area (Å²) in [6.07, 6.45) is 0. The lowest BCUT2D eigenvalue weighted by Crippen LogP contribution is -2.41. The highest BCUT2D eigenvalue weighted by atomic mass is 32.2. The number of nitrogens with one attached hydrogen (secondary N) is 1. The molecule has 1 aromatic heterocycles. The Morgan fingerprint density at radius 1 is 1.26 bits per heavy atom. The van der Waals surface area contributed by atoms with Gasteiger partial charge in [-0.15, -0.1) is 11.3 Å². The zero-order valence-corrected chi connectivity index (χ0v) is 13.9. The van der Waals surface area contributed by atoms with Crippen LogP contribution in [-0.4, -0.2) is 31.1 Å². The molecule has 0 saturated carbocycles. The van der Waals surface area contributed by atoms with Gasteiger partial charge in [0.1, 0.15) is 11.4 Å². The Bertz CT molecular complexity index is 859. The summed E-state index contributed by atoms with van der Waals surface area (Å²) in [5.74, 6) is -1.19. The molecular formula is C15H14N2O4S2. The summed E-state index contributed by atoms with van der Waals surface area (Å²) in [5.41, 5.74) is 0.103. The maximum absolute atomic E-state index is 12.4. The number of hydrogen-bond donors (Lipinski definition) is 1. The Morgan fingerprint density at radius 2 is 2.00 bits per heavy atom. The van der Waals surface area contributed by atoms with Gasteiger partial charge < -0.3 is 5.32 Å². The molecular weight excluding hydrogens is 336 g/mol. The van der Waals surface area contributed by atoms with Crippen LogP contribution in [0.3, 0.4) is 0 Å². The standard InChI is InChI=1S/C15H14N2O4S2/c1-10(12-6-4-8-22-12)16-14(18)9-17-15(19)11-5-2-3-7-13(11)23(17,20)21/h2-8,10H,9H2,1H3,(H,16,18)/t10-/m0/s1. The second-order valence-electron chi connectivity index (χ2n) is 5.12. The largest absolute Gasteiger partial charge is 0.347 e. The Morgan fingerprint density at radius 3 is 2.65 bits per heavy atom. The molecule has 23 heavy (non-hydrogen) atoms. The molecule has 6 nitrogen and oxygen atoms in total. The van der Waals surface area contributed by atoms with Crippen molar-refractivity contribution in [3.05, 3.63) is 52.2 Å². The molecule has 0 spiro atoms. The van der Waals surface area contributed by atoms with Crippen molar-refractivity contribution >= 4 is 33.2 Å². The van der Waals surface area contributed by atoms with Crippen LogP contribution in [0.4, 0.5) is 0 Å². The van der Waals surface area contributed by atoms with E-state index in [1.54, 1.807) is 19.1 Å². The second-order valence-corrected chi connectivity index (χ2v) is 7.93. The molecule has 1 aliphatic rings. The van der Waals surface area contributed by atoms with Gasteiger partial charge >= 0.3 is 0 Å². The molecule has 1 aromatic carbocycles. The lowest BCUT2D eigenvalue weighted by Gasteiger charge is -2.17. The van der Waals surface area contributed by atoms with E-state index in [9.17, 15) is 18.0 Å². The summed E-state index contributed by atoms with van der Waals surface area (Å²) in [6.45, 7) is 1.28. The number of fused-ring (bicyclic) bond motifs is 1. The minimum absolute atomic E-state index is 0.0518. The molecule has 1 N–H and O–H groups in total. The van der Waals surface area contributed by atoms with Crippen LogP contribution in [0.1, 0.15) is 28.2 Å². The molecule has 120 valence electrons. The molecule has 0 radical (unpaired) electrons. The average molecular weight is 350 g/mol. The Hall–Kier alpha value is -2.19. The van der Waals surface area contributed by atoms with Gasteiger partial charge in [-0.25, -0.2) is 12.7 Å². The van der Waals surface area contributed by atoms with Gasteiger partial charge in [-0.2, -0.15) is 0 Å². The van der Waals surface area contributed by atoms with Crippen molar-refractivity contribution in [1.29, 1.82) is 0 Å². The number of sulfonamides is 1. The number of amides is 2. The smallest absolute Gasteiger partial charge is 0.269 e. The first-order valence-electron chi connectivity index (χ1n) is 6.90. The third-order valence-electron chi connectivity index (χ3n) is 3.55. The first-order valence-corrected chi connectivity index (χ1v) is 9.22. The van der Waals surface area contributed by atoms with Gasteiger partial charge in [-0.1, -0.05) is 18.2 Å². The van der Waals surface area contributed by atoms with E-state index in [0.717, 1.165) is 4.88 Å². The molecule has 0 aliphatic carbocycles. The third kappa shape index (κ3) is 2.75. The number of hydrogen-bond acceptors (Lipinski definition) is 5. The lowest BCUT2D eigenvalue weighted by molar-refractivity contribution is -0.121. The normalized spacial score (nSPS) is 16.9. The predicted octanol–water partition coefficient (Wildman–Crippen LogP) is 1.77. The van der Waals surface area contributed by atoms with Crippen LogP contribution in [0.25, 0.3) is 0 Å². The van der Waals surface area contributed by atoms with Crippen LogP contribution in [0.5, 0.6) is 0 Å². The highest BCUT2D eigenvalue weighted by Crippen LogP contribution is 2.29. The number of carbonyl (C=O) groups excluding carboxylic acids is 2. The van der Waals surface area contributed by atoms with E-state index < -0.39 is 28.4 Å².